The van der Waals surface area contributed by atoms with E-state index in [1.165, 1.54) is 12.3 Å². The zero-order valence-corrected chi connectivity index (χ0v) is 18.6. The fraction of sp³-hybridized carbons (Fsp3) is 0.217. The third-order valence-electron chi connectivity index (χ3n) is 5.59. The van der Waals surface area contributed by atoms with E-state index in [2.05, 4.69) is 4.98 Å². The summed E-state index contributed by atoms with van der Waals surface area (Å²) >= 11 is 1.60. The molecule has 1 aliphatic heterocycles. The molecule has 1 aromatic carbocycles. The summed E-state index contributed by atoms with van der Waals surface area (Å²) in [6.07, 6.45) is 3.51. The molecule has 0 saturated heterocycles. The number of carbonyl (C=O) groups is 3. The lowest BCUT2D eigenvalue weighted by Crippen LogP contribution is -2.29. The number of amides is 3. The molecule has 0 radical (unpaired) electrons. The van der Waals surface area contributed by atoms with E-state index in [4.69, 9.17) is 4.42 Å². The number of nitrogens with zero attached hydrogens (tertiary/aromatic N) is 4. The zero-order valence-electron chi connectivity index (χ0n) is 17.8. The molecular formula is C23H20N4O4S. The third-order valence-corrected chi connectivity index (χ3v) is 6.48. The summed E-state index contributed by atoms with van der Waals surface area (Å²) in [7, 11) is 1.71. The summed E-state index contributed by atoms with van der Waals surface area (Å²) in [5, 5.41) is 0. The molecule has 0 atom stereocenters. The average molecular weight is 449 g/mol. The Hall–Kier alpha value is -3.72. The van der Waals surface area contributed by atoms with E-state index in [0.29, 0.717) is 23.4 Å². The Labute approximate surface area is 187 Å². The van der Waals surface area contributed by atoms with Gasteiger partial charge in [0, 0.05) is 23.7 Å². The van der Waals surface area contributed by atoms with E-state index >= 15 is 0 Å². The largest absolute Gasteiger partial charge is 0.467 e. The number of imide groups is 1. The number of thiazole rings is 1. The lowest BCUT2D eigenvalue weighted by atomic mass is 10.0. The third kappa shape index (κ3) is 3.21. The van der Waals surface area contributed by atoms with Crippen molar-refractivity contribution in [2.75, 3.05) is 7.05 Å². The van der Waals surface area contributed by atoms with Crippen molar-refractivity contribution in [2.24, 2.45) is 0 Å². The minimum absolute atomic E-state index is 0.0546. The van der Waals surface area contributed by atoms with Crippen LogP contribution in [0.15, 0.2) is 47.2 Å². The molecule has 8 nitrogen and oxygen atoms in total. The number of hydrogen-bond donors (Lipinski definition) is 0. The summed E-state index contributed by atoms with van der Waals surface area (Å²) in [5.74, 6) is -0.541. The number of aromatic nitrogens is 2. The number of rotatable bonds is 5. The predicted molar refractivity (Wildman–Crippen MR) is 118 cm³/mol. The zero-order chi connectivity index (χ0) is 22.6. The smallest absolute Gasteiger partial charge is 0.261 e. The van der Waals surface area contributed by atoms with Crippen molar-refractivity contribution in [3.63, 3.8) is 0 Å². The first kappa shape index (κ1) is 20.2. The maximum Gasteiger partial charge on any atom is 0.261 e. The van der Waals surface area contributed by atoms with Gasteiger partial charge in [0.05, 0.1) is 41.9 Å². The van der Waals surface area contributed by atoms with Gasteiger partial charge >= 0.3 is 0 Å². The molecule has 0 aliphatic carbocycles. The van der Waals surface area contributed by atoms with Gasteiger partial charge in [-0.25, -0.2) is 4.98 Å². The van der Waals surface area contributed by atoms with Crippen molar-refractivity contribution >= 4 is 34.0 Å². The van der Waals surface area contributed by atoms with Crippen molar-refractivity contribution in [1.29, 1.82) is 0 Å². The Morgan fingerprint density at radius 1 is 1.16 bits per heavy atom. The Morgan fingerprint density at radius 3 is 2.69 bits per heavy atom. The molecule has 162 valence electrons. The van der Waals surface area contributed by atoms with E-state index in [1.807, 2.05) is 24.4 Å². The second kappa shape index (κ2) is 7.45. The Morgan fingerprint density at radius 2 is 1.94 bits per heavy atom. The molecule has 0 unspecified atom stereocenters. The van der Waals surface area contributed by atoms with Crippen molar-refractivity contribution < 1.29 is 18.8 Å². The highest BCUT2D eigenvalue weighted by Crippen LogP contribution is 2.27. The first-order valence-corrected chi connectivity index (χ1v) is 10.9. The standard InChI is InChI=1S/C23H20N4O4S/c1-13-10-26-19(14(2)24-23(26)32-13)12-25(3)20(28)15-6-7-17-18(9-15)22(30)27(21(17)29)11-16-5-4-8-31-16/h4-10H,11-12H2,1-3H3. The molecular weight excluding hydrogens is 428 g/mol. The number of imidazole rings is 1. The highest BCUT2D eigenvalue weighted by molar-refractivity contribution is 7.17. The predicted octanol–water partition coefficient (Wildman–Crippen LogP) is 3.67. The average Bonchev–Trinajstić information content (AvgIpc) is 3.52. The molecule has 5 rings (SSSR count). The first-order valence-electron chi connectivity index (χ1n) is 10.1. The summed E-state index contributed by atoms with van der Waals surface area (Å²) in [6.45, 7) is 4.37. The topological polar surface area (TPSA) is 88.1 Å². The van der Waals surface area contributed by atoms with Gasteiger partial charge in [-0.2, -0.15) is 0 Å². The maximum atomic E-state index is 13.1. The minimum Gasteiger partial charge on any atom is -0.467 e. The van der Waals surface area contributed by atoms with Gasteiger partial charge in [0.2, 0.25) is 0 Å². The molecule has 0 spiro atoms. The van der Waals surface area contributed by atoms with Gasteiger partial charge in [0.1, 0.15) is 5.76 Å². The van der Waals surface area contributed by atoms with Crippen LogP contribution in [-0.4, -0.2) is 44.0 Å². The van der Waals surface area contributed by atoms with Gasteiger partial charge in [0.15, 0.2) is 4.96 Å². The summed E-state index contributed by atoms with van der Waals surface area (Å²) in [6, 6.07) is 8.05. The van der Waals surface area contributed by atoms with E-state index in [9.17, 15) is 14.4 Å². The molecule has 1 aliphatic rings. The van der Waals surface area contributed by atoms with Crippen LogP contribution in [0.1, 0.15) is 53.1 Å². The second-order valence-corrected chi connectivity index (χ2v) is 9.05. The Balaban J connectivity index is 1.38. The number of hydrogen-bond acceptors (Lipinski definition) is 6. The molecule has 0 N–H and O–H groups in total. The summed E-state index contributed by atoms with van der Waals surface area (Å²) in [5.41, 5.74) is 2.70. The molecule has 4 heterocycles. The quantitative estimate of drug-likeness (QED) is 0.435. The normalized spacial score (nSPS) is 13.3. The van der Waals surface area contributed by atoms with Crippen LogP contribution in [-0.2, 0) is 13.1 Å². The second-order valence-electron chi connectivity index (χ2n) is 7.84. The SMILES string of the molecule is Cc1cn2c(CN(C)C(=O)c3ccc4c(c3)C(=O)N(Cc3ccco3)C4=O)c(C)nc2s1. The van der Waals surface area contributed by atoms with Gasteiger partial charge in [0.25, 0.3) is 17.7 Å². The molecule has 3 aromatic heterocycles. The Bertz CT molecular complexity index is 1380. The van der Waals surface area contributed by atoms with Gasteiger partial charge in [-0.05, 0) is 44.2 Å². The number of carbonyl (C=O) groups excluding carboxylic acids is 3. The monoisotopic (exact) mass is 448 g/mol. The Kier molecular flexibility index (Phi) is 4.70. The molecule has 3 amide bonds. The molecule has 0 bridgehead atoms. The minimum atomic E-state index is -0.430. The van der Waals surface area contributed by atoms with Crippen LogP contribution in [0.2, 0.25) is 0 Å². The lowest BCUT2D eigenvalue weighted by molar-refractivity contribution is 0.0631. The number of aryl methyl sites for hydroxylation is 2. The number of fused-ring (bicyclic) bond motifs is 2. The molecule has 0 fully saturated rings. The number of benzene rings is 1. The van der Waals surface area contributed by atoms with E-state index in [0.717, 1.165) is 26.1 Å². The highest BCUT2D eigenvalue weighted by atomic mass is 32.1. The van der Waals surface area contributed by atoms with Crippen LogP contribution in [0.25, 0.3) is 4.96 Å². The first-order chi connectivity index (χ1) is 15.3. The summed E-state index contributed by atoms with van der Waals surface area (Å²) < 4.78 is 7.27. The fourth-order valence-corrected chi connectivity index (χ4v) is 4.83. The van der Waals surface area contributed by atoms with Gasteiger partial charge < -0.3 is 9.32 Å². The van der Waals surface area contributed by atoms with Crippen LogP contribution < -0.4 is 0 Å². The number of furan rings is 1. The van der Waals surface area contributed by atoms with E-state index in [-0.39, 0.29) is 23.9 Å². The van der Waals surface area contributed by atoms with E-state index < -0.39 is 5.91 Å². The van der Waals surface area contributed by atoms with Crippen molar-refractivity contribution in [1.82, 2.24) is 19.2 Å². The van der Waals surface area contributed by atoms with Gasteiger partial charge in [-0.3, -0.25) is 23.7 Å². The van der Waals surface area contributed by atoms with Crippen LogP contribution >= 0.6 is 11.3 Å². The van der Waals surface area contributed by atoms with E-state index in [1.54, 1.807) is 47.5 Å². The summed E-state index contributed by atoms with van der Waals surface area (Å²) in [4.78, 5) is 48.0. The van der Waals surface area contributed by atoms with Crippen molar-refractivity contribution in [3.8, 4) is 0 Å². The van der Waals surface area contributed by atoms with Crippen LogP contribution in [0, 0.1) is 13.8 Å². The lowest BCUT2D eigenvalue weighted by Gasteiger charge is -2.17. The molecule has 0 saturated carbocycles. The fourth-order valence-electron chi connectivity index (χ4n) is 3.94. The van der Waals surface area contributed by atoms with Gasteiger partial charge in [-0.1, -0.05) is 0 Å². The highest BCUT2D eigenvalue weighted by Gasteiger charge is 2.36. The van der Waals surface area contributed by atoms with Crippen molar-refractivity contribution in [2.45, 2.75) is 26.9 Å². The van der Waals surface area contributed by atoms with Crippen molar-refractivity contribution in [3.05, 3.63) is 81.5 Å². The van der Waals surface area contributed by atoms with Crippen LogP contribution in [0.5, 0.6) is 0 Å². The molecule has 4 aromatic rings. The molecule has 9 heteroatoms. The molecule has 32 heavy (non-hydrogen) atoms. The van der Waals surface area contributed by atoms with Crippen LogP contribution in [0.4, 0.5) is 0 Å². The van der Waals surface area contributed by atoms with Gasteiger partial charge in [-0.15, -0.1) is 11.3 Å². The van der Waals surface area contributed by atoms with Crippen LogP contribution in [0.3, 0.4) is 0 Å². The maximum absolute atomic E-state index is 13.1.